The van der Waals surface area contributed by atoms with Gasteiger partial charge in [0.15, 0.2) is 0 Å². The van der Waals surface area contributed by atoms with Crippen LogP contribution in [-0.2, 0) is 0 Å². The number of nitrogens with one attached hydrogen (secondary N) is 2. The van der Waals surface area contributed by atoms with Crippen LogP contribution in [0.25, 0.3) is 0 Å². The SMILES string of the molecule is CC(=Nc1ccccc1)/C(C)=N/NNC(C)(C)C. The number of benzene rings is 1. The fraction of sp³-hybridized carbons (Fsp3) is 0.429. The zero-order valence-corrected chi connectivity index (χ0v) is 11.8. The van der Waals surface area contributed by atoms with Gasteiger partial charge in [-0.15, -0.1) is 0 Å². The van der Waals surface area contributed by atoms with E-state index in [2.05, 4.69) is 41.8 Å². The van der Waals surface area contributed by atoms with E-state index in [4.69, 9.17) is 0 Å². The first-order valence-corrected chi connectivity index (χ1v) is 6.06. The fourth-order valence-electron chi connectivity index (χ4n) is 1.14. The Morgan fingerprint density at radius 1 is 1.00 bits per heavy atom. The summed E-state index contributed by atoms with van der Waals surface area (Å²) >= 11 is 0. The number of hydrazone groups is 1. The number of para-hydroxylation sites is 1. The lowest BCUT2D eigenvalue weighted by molar-refractivity contribution is 0.365. The van der Waals surface area contributed by atoms with Crippen LogP contribution in [-0.4, -0.2) is 17.0 Å². The van der Waals surface area contributed by atoms with Gasteiger partial charge in [0.2, 0.25) is 0 Å². The zero-order valence-electron chi connectivity index (χ0n) is 11.8. The van der Waals surface area contributed by atoms with Gasteiger partial charge >= 0.3 is 0 Å². The second-order valence-corrected chi connectivity index (χ2v) is 5.22. The average Bonchev–Trinajstić information content (AvgIpc) is 2.28. The Labute approximate surface area is 109 Å². The van der Waals surface area contributed by atoms with E-state index in [1.165, 1.54) is 0 Å². The molecule has 0 aliphatic rings. The number of hydrogen-bond acceptors (Lipinski definition) is 4. The van der Waals surface area contributed by atoms with Crippen LogP contribution in [0.5, 0.6) is 0 Å². The molecule has 1 aromatic carbocycles. The molecule has 0 atom stereocenters. The molecule has 0 unspecified atom stereocenters. The molecule has 4 nitrogen and oxygen atoms in total. The minimum atomic E-state index is -0.0196. The third-order valence-electron chi connectivity index (χ3n) is 2.23. The largest absolute Gasteiger partial charge is 0.252 e. The summed E-state index contributed by atoms with van der Waals surface area (Å²) in [6.45, 7) is 10.1. The first-order valence-electron chi connectivity index (χ1n) is 6.06. The predicted molar refractivity (Wildman–Crippen MR) is 78.3 cm³/mol. The summed E-state index contributed by atoms with van der Waals surface area (Å²) in [6, 6.07) is 9.86. The maximum Gasteiger partial charge on any atom is 0.0799 e. The number of hydrogen-bond donors (Lipinski definition) is 2. The van der Waals surface area contributed by atoms with Crippen molar-refractivity contribution in [1.82, 2.24) is 11.0 Å². The van der Waals surface area contributed by atoms with E-state index < -0.39 is 0 Å². The summed E-state index contributed by atoms with van der Waals surface area (Å²) in [5.41, 5.74) is 8.60. The Hall–Kier alpha value is -1.68. The molecular weight excluding hydrogens is 224 g/mol. The average molecular weight is 246 g/mol. The summed E-state index contributed by atoms with van der Waals surface area (Å²) in [5, 5.41) is 4.23. The van der Waals surface area contributed by atoms with Gasteiger partial charge in [0, 0.05) is 5.54 Å². The molecule has 0 heterocycles. The van der Waals surface area contributed by atoms with Crippen LogP contribution in [0.2, 0.25) is 0 Å². The van der Waals surface area contributed by atoms with Crippen molar-refractivity contribution >= 4 is 17.1 Å². The highest BCUT2D eigenvalue weighted by Gasteiger charge is 2.07. The number of hydrazine groups is 1. The van der Waals surface area contributed by atoms with E-state index in [9.17, 15) is 0 Å². The Balaban J connectivity index is 2.63. The molecule has 0 aromatic heterocycles. The summed E-state index contributed by atoms with van der Waals surface area (Å²) in [4.78, 5) is 4.49. The second kappa shape index (κ2) is 6.31. The Morgan fingerprint density at radius 3 is 2.17 bits per heavy atom. The van der Waals surface area contributed by atoms with Gasteiger partial charge in [0.25, 0.3) is 0 Å². The molecule has 2 N–H and O–H groups in total. The van der Waals surface area contributed by atoms with Gasteiger partial charge in [-0.2, -0.15) is 5.10 Å². The lowest BCUT2D eigenvalue weighted by Gasteiger charge is -2.19. The smallest absolute Gasteiger partial charge is 0.0799 e. The molecule has 0 aliphatic carbocycles. The van der Waals surface area contributed by atoms with Crippen molar-refractivity contribution in [3.63, 3.8) is 0 Å². The Morgan fingerprint density at radius 2 is 1.61 bits per heavy atom. The molecule has 4 heteroatoms. The molecule has 0 aliphatic heterocycles. The number of nitrogens with zero attached hydrogens (tertiary/aromatic N) is 2. The number of rotatable bonds is 4. The topological polar surface area (TPSA) is 48.8 Å². The summed E-state index contributed by atoms with van der Waals surface area (Å²) < 4.78 is 0. The van der Waals surface area contributed by atoms with E-state index in [-0.39, 0.29) is 5.54 Å². The second-order valence-electron chi connectivity index (χ2n) is 5.22. The third kappa shape index (κ3) is 5.59. The molecule has 0 fully saturated rings. The molecule has 1 aromatic rings. The quantitative estimate of drug-likeness (QED) is 0.633. The van der Waals surface area contributed by atoms with Gasteiger partial charge in [0.1, 0.15) is 0 Å². The van der Waals surface area contributed by atoms with Gasteiger partial charge in [-0.25, -0.2) is 11.0 Å². The lowest BCUT2D eigenvalue weighted by Crippen LogP contribution is -2.43. The van der Waals surface area contributed by atoms with Crippen molar-refractivity contribution in [2.24, 2.45) is 10.1 Å². The molecule has 18 heavy (non-hydrogen) atoms. The summed E-state index contributed by atoms with van der Waals surface area (Å²) in [5.74, 6) is 0. The molecule has 98 valence electrons. The van der Waals surface area contributed by atoms with Crippen LogP contribution in [0.4, 0.5) is 5.69 Å². The highest BCUT2D eigenvalue weighted by molar-refractivity contribution is 6.41. The minimum Gasteiger partial charge on any atom is -0.252 e. The van der Waals surface area contributed by atoms with Crippen LogP contribution in [0.1, 0.15) is 34.6 Å². The van der Waals surface area contributed by atoms with Gasteiger partial charge in [-0.1, -0.05) is 18.2 Å². The molecule has 0 saturated heterocycles. The van der Waals surface area contributed by atoms with Crippen LogP contribution in [0.3, 0.4) is 0 Å². The van der Waals surface area contributed by atoms with E-state index >= 15 is 0 Å². The van der Waals surface area contributed by atoms with Crippen molar-refractivity contribution in [3.8, 4) is 0 Å². The fourth-order valence-corrected chi connectivity index (χ4v) is 1.14. The Bertz CT molecular complexity index is 427. The minimum absolute atomic E-state index is 0.0196. The highest BCUT2D eigenvalue weighted by Crippen LogP contribution is 2.10. The van der Waals surface area contributed by atoms with E-state index in [0.717, 1.165) is 17.1 Å². The van der Waals surface area contributed by atoms with E-state index in [1.54, 1.807) is 0 Å². The van der Waals surface area contributed by atoms with E-state index in [1.807, 2.05) is 44.2 Å². The first kappa shape index (κ1) is 14.4. The lowest BCUT2D eigenvalue weighted by atomic mass is 10.1. The van der Waals surface area contributed by atoms with Gasteiger partial charge in [0.05, 0.1) is 17.1 Å². The Kier molecular flexibility index (Phi) is 5.04. The number of aliphatic imine (C=N–C) groups is 1. The van der Waals surface area contributed by atoms with Crippen molar-refractivity contribution in [2.75, 3.05) is 0 Å². The summed E-state index contributed by atoms with van der Waals surface area (Å²) in [6.07, 6.45) is 0. The molecule has 1 rings (SSSR count). The van der Waals surface area contributed by atoms with Crippen molar-refractivity contribution in [3.05, 3.63) is 30.3 Å². The van der Waals surface area contributed by atoms with Crippen molar-refractivity contribution < 1.29 is 0 Å². The standard InChI is InChI=1S/C14H22N4/c1-11(15-13-9-7-6-8-10-13)12(2)16-18-17-14(3,4)5/h6-10,17-18H,1-5H3/b15-11?,16-12+. The van der Waals surface area contributed by atoms with Crippen LogP contribution >= 0.6 is 0 Å². The van der Waals surface area contributed by atoms with Crippen molar-refractivity contribution in [1.29, 1.82) is 0 Å². The zero-order chi connectivity index (χ0) is 13.6. The van der Waals surface area contributed by atoms with Gasteiger partial charge < -0.3 is 0 Å². The maximum atomic E-state index is 4.49. The molecule has 0 bridgehead atoms. The highest BCUT2D eigenvalue weighted by atomic mass is 15.6. The molecule has 0 saturated carbocycles. The third-order valence-corrected chi connectivity index (χ3v) is 2.23. The molecular formula is C14H22N4. The van der Waals surface area contributed by atoms with E-state index in [0.29, 0.717) is 0 Å². The van der Waals surface area contributed by atoms with Crippen LogP contribution < -0.4 is 11.0 Å². The van der Waals surface area contributed by atoms with Crippen LogP contribution in [0.15, 0.2) is 40.4 Å². The first-order chi connectivity index (χ1) is 8.38. The monoisotopic (exact) mass is 246 g/mol. The molecule has 0 amide bonds. The molecule has 0 spiro atoms. The normalized spacial score (nSPS) is 13.6. The van der Waals surface area contributed by atoms with Gasteiger partial charge in [-0.3, -0.25) is 4.99 Å². The molecule has 0 radical (unpaired) electrons. The van der Waals surface area contributed by atoms with Crippen molar-refractivity contribution in [2.45, 2.75) is 40.2 Å². The maximum absolute atomic E-state index is 4.49. The summed E-state index contributed by atoms with van der Waals surface area (Å²) in [7, 11) is 0. The predicted octanol–water partition coefficient (Wildman–Crippen LogP) is 3.05. The van der Waals surface area contributed by atoms with Gasteiger partial charge in [-0.05, 0) is 46.8 Å². The van der Waals surface area contributed by atoms with Crippen LogP contribution in [0, 0.1) is 0 Å².